The van der Waals surface area contributed by atoms with E-state index in [-0.39, 0.29) is 40.2 Å². The van der Waals surface area contributed by atoms with Crippen LogP contribution >= 0.6 is 0 Å². The lowest BCUT2D eigenvalue weighted by Crippen LogP contribution is -2.05. The van der Waals surface area contributed by atoms with Crippen LogP contribution in [0.3, 0.4) is 0 Å². The van der Waals surface area contributed by atoms with E-state index >= 15 is 0 Å². The van der Waals surface area contributed by atoms with Crippen molar-refractivity contribution in [2.45, 2.75) is 13.8 Å². The van der Waals surface area contributed by atoms with Gasteiger partial charge >= 0.3 is 5.69 Å². The zero-order valence-electron chi connectivity index (χ0n) is 11.6. The van der Waals surface area contributed by atoms with E-state index in [1.165, 1.54) is 13.8 Å². The fourth-order valence-electron chi connectivity index (χ4n) is 1.93. The van der Waals surface area contributed by atoms with E-state index in [2.05, 4.69) is 15.3 Å². The number of nitro groups is 1. The molecule has 0 aliphatic carbocycles. The lowest BCUT2D eigenvalue weighted by Gasteiger charge is -2.04. The molecule has 0 unspecified atom stereocenters. The van der Waals surface area contributed by atoms with E-state index < -0.39 is 10.6 Å². The summed E-state index contributed by atoms with van der Waals surface area (Å²) in [5.41, 5.74) is 4.94. The van der Waals surface area contributed by atoms with Crippen LogP contribution < -0.4 is 11.1 Å². The third-order valence-electron chi connectivity index (χ3n) is 2.81. The Hall–Kier alpha value is -3.48. The third-order valence-corrected chi connectivity index (χ3v) is 2.81. The number of furan rings is 1. The maximum absolute atomic E-state index is 11.5. The average Bonchev–Trinajstić information content (AvgIpc) is 2.74. The standard InChI is InChI=1S/C12H10N6O4/c1-5(19)8-6(2)22-12(7(8)3-13)17-11-9(18(20)21)10(14)15-4-16-11/h4H,1-2H3,(H3,14,15,16,17). The second-order valence-corrected chi connectivity index (χ2v) is 4.24. The van der Waals surface area contributed by atoms with Crippen molar-refractivity contribution in [3.63, 3.8) is 0 Å². The van der Waals surface area contributed by atoms with Gasteiger partial charge in [0.15, 0.2) is 5.78 Å². The molecule has 10 nitrogen and oxygen atoms in total. The highest BCUT2D eigenvalue weighted by Crippen LogP contribution is 2.33. The Bertz CT molecular complexity index is 820. The second kappa shape index (κ2) is 5.49. The van der Waals surface area contributed by atoms with Crippen LogP contribution in [-0.4, -0.2) is 20.7 Å². The monoisotopic (exact) mass is 302 g/mol. The molecule has 2 aromatic rings. The third kappa shape index (κ3) is 2.42. The quantitative estimate of drug-likeness (QED) is 0.486. The molecule has 2 heterocycles. The number of hydrogen-bond donors (Lipinski definition) is 2. The number of nitrogens with zero attached hydrogens (tertiary/aromatic N) is 4. The summed E-state index contributed by atoms with van der Waals surface area (Å²) < 4.78 is 5.30. The molecule has 0 aliphatic heterocycles. The molecular weight excluding hydrogens is 292 g/mol. The van der Waals surface area contributed by atoms with Crippen LogP contribution in [0, 0.1) is 28.4 Å². The molecule has 0 bridgehead atoms. The number of nitrogens with two attached hydrogens (primary N) is 1. The SMILES string of the molecule is CC(=O)c1c(C)oc(Nc2ncnc(N)c2[N+](=O)[O-])c1C#N. The highest BCUT2D eigenvalue weighted by molar-refractivity contribution is 5.99. The zero-order valence-corrected chi connectivity index (χ0v) is 11.6. The molecule has 2 rings (SSSR count). The van der Waals surface area contributed by atoms with Gasteiger partial charge in [-0.15, -0.1) is 0 Å². The molecule has 0 atom stereocenters. The normalized spacial score (nSPS) is 10.0. The van der Waals surface area contributed by atoms with E-state index in [0.29, 0.717) is 0 Å². The fraction of sp³-hybridized carbons (Fsp3) is 0.167. The molecule has 112 valence electrons. The summed E-state index contributed by atoms with van der Waals surface area (Å²) in [6.07, 6.45) is 1.03. The summed E-state index contributed by atoms with van der Waals surface area (Å²) >= 11 is 0. The maximum atomic E-state index is 11.5. The van der Waals surface area contributed by atoms with Crippen molar-refractivity contribution in [2.75, 3.05) is 11.1 Å². The van der Waals surface area contributed by atoms with Crippen LogP contribution in [0.4, 0.5) is 23.2 Å². The van der Waals surface area contributed by atoms with E-state index in [1.807, 2.05) is 6.07 Å². The molecule has 22 heavy (non-hydrogen) atoms. The first-order valence-corrected chi connectivity index (χ1v) is 5.93. The minimum atomic E-state index is -0.759. The first-order valence-electron chi connectivity index (χ1n) is 5.93. The Morgan fingerprint density at radius 3 is 2.77 bits per heavy atom. The highest BCUT2D eigenvalue weighted by Gasteiger charge is 2.26. The summed E-state index contributed by atoms with van der Waals surface area (Å²) in [5, 5.41) is 22.7. The van der Waals surface area contributed by atoms with E-state index in [1.54, 1.807) is 0 Å². The Balaban J connectivity index is 2.56. The number of nitriles is 1. The first kappa shape index (κ1) is 14.9. The van der Waals surface area contributed by atoms with Crippen LogP contribution in [0.2, 0.25) is 0 Å². The molecule has 0 spiro atoms. The van der Waals surface area contributed by atoms with Gasteiger partial charge in [-0.1, -0.05) is 0 Å². The van der Waals surface area contributed by atoms with Crippen molar-refractivity contribution < 1.29 is 14.1 Å². The van der Waals surface area contributed by atoms with Crippen molar-refractivity contribution in [2.24, 2.45) is 0 Å². The Labute approximate surface area is 123 Å². The summed E-state index contributed by atoms with van der Waals surface area (Å²) in [7, 11) is 0. The predicted octanol–water partition coefficient (Wildman–Crippen LogP) is 1.69. The van der Waals surface area contributed by atoms with E-state index in [9.17, 15) is 20.2 Å². The smallest absolute Gasteiger partial charge is 0.353 e. The van der Waals surface area contributed by atoms with Gasteiger partial charge in [0.25, 0.3) is 0 Å². The molecule has 0 amide bonds. The minimum absolute atomic E-state index is 0.0588. The summed E-state index contributed by atoms with van der Waals surface area (Å²) in [5.74, 6) is -0.834. The lowest BCUT2D eigenvalue weighted by atomic mass is 10.1. The first-order chi connectivity index (χ1) is 10.4. The van der Waals surface area contributed by atoms with Crippen LogP contribution in [0.5, 0.6) is 0 Å². The maximum Gasteiger partial charge on any atom is 0.353 e. The van der Waals surface area contributed by atoms with Crippen molar-refractivity contribution in [1.29, 1.82) is 5.26 Å². The molecule has 0 aliphatic rings. The van der Waals surface area contributed by atoms with Crippen molar-refractivity contribution >= 4 is 29.0 Å². The number of hydrogen-bond acceptors (Lipinski definition) is 9. The number of Topliss-reactive ketones (excluding diaryl/α,β-unsaturated/α-hetero) is 1. The number of aryl methyl sites for hydroxylation is 1. The number of aromatic nitrogens is 2. The molecule has 0 fully saturated rings. The summed E-state index contributed by atoms with van der Waals surface area (Å²) in [4.78, 5) is 29.1. The molecule has 0 saturated carbocycles. The second-order valence-electron chi connectivity index (χ2n) is 4.24. The molecule has 0 saturated heterocycles. The van der Waals surface area contributed by atoms with Crippen LogP contribution in [0.25, 0.3) is 0 Å². The molecule has 2 aromatic heterocycles. The number of carbonyl (C=O) groups is 1. The Kier molecular flexibility index (Phi) is 3.72. The van der Waals surface area contributed by atoms with E-state index in [0.717, 1.165) is 6.33 Å². The Morgan fingerprint density at radius 1 is 1.55 bits per heavy atom. The number of ketones is 1. The lowest BCUT2D eigenvalue weighted by molar-refractivity contribution is -0.383. The van der Waals surface area contributed by atoms with Gasteiger partial charge in [0, 0.05) is 0 Å². The molecule has 3 N–H and O–H groups in total. The van der Waals surface area contributed by atoms with Gasteiger partial charge in [0.1, 0.15) is 23.7 Å². The van der Waals surface area contributed by atoms with Gasteiger partial charge in [-0.2, -0.15) is 5.26 Å². The van der Waals surface area contributed by atoms with Gasteiger partial charge in [-0.25, -0.2) is 9.97 Å². The van der Waals surface area contributed by atoms with Gasteiger partial charge in [0.2, 0.25) is 17.5 Å². The number of carbonyl (C=O) groups excluding carboxylic acids is 1. The van der Waals surface area contributed by atoms with Crippen molar-refractivity contribution in [1.82, 2.24) is 9.97 Å². The van der Waals surface area contributed by atoms with Crippen molar-refractivity contribution in [3.05, 3.63) is 33.3 Å². The van der Waals surface area contributed by atoms with Crippen LogP contribution in [0.15, 0.2) is 10.7 Å². The minimum Gasteiger partial charge on any atom is -0.443 e. The Morgan fingerprint density at radius 2 is 2.23 bits per heavy atom. The topological polar surface area (TPSA) is 161 Å². The molecule has 0 aromatic carbocycles. The number of nitrogen functional groups attached to an aromatic ring is 1. The fourth-order valence-corrected chi connectivity index (χ4v) is 1.93. The zero-order chi connectivity index (χ0) is 16.4. The summed E-state index contributed by atoms with van der Waals surface area (Å²) in [6.45, 7) is 2.79. The predicted molar refractivity (Wildman–Crippen MR) is 74.5 cm³/mol. The average molecular weight is 302 g/mol. The van der Waals surface area contributed by atoms with E-state index in [4.69, 9.17) is 10.2 Å². The van der Waals surface area contributed by atoms with Gasteiger partial charge in [-0.05, 0) is 13.8 Å². The van der Waals surface area contributed by atoms with Crippen LogP contribution in [-0.2, 0) is 0 Å². The number of anilines is 3. The molecule has 0 radical (unpaired) electrons. The molecular formula is C12H10N6O4. The van der Waals surface area contributed by atoms with Gasteiger partial charge in [-0.3, -0.25) is 14.9 Å². The van der Waals surface area contributed by atoms with Crippen LogP contribution in [0.1, 0.15) is 28.6 Å². The number of nitrogens with one attached hydrogen (secondary N) is 1. The largest absolute Gasteiger partial charge is 0.443 e. The van der Waals surface area contributed by atoms with Gasteiger partial charge < -0.3 is 15.5 Å². The highest BCUT2D eigenvalue weighted by atomic mass is 16.6. The molecule has 10 heteroatoms. The number of rotatable bonds is 4. The summed E-state index contributed by atoms with van der Waals surface area (Å²) in [6, 6.07) is 1.83. The van der Waals surface area contributed by atoms with Crippen molar-refractivity contribution in [3.8, 4) is 6.07 Å². The van der Waals surface area contributed by atoms with Gasteiger partial charge in [0.05, 0.1) is 10.5 Å².